The number of H-pyrrole nitrogens is 1. The van der Waals surface area contributed by atoms with Gasteiger partial charge in [-0.25, -0.2) is 18.6 Å². The summed E-state index contributed by atoms with van der Waals surface area (Å²) in [5.74, 6) is -2.67. The predicted octanol–water partition coefficient (Wildman–Crippen LogP) is 5.78. The number of esters is 1. The molecule has 0 radical (unpaired) electrons. The minimum Gasteiger partial charge on any atom is -0.423 e. The Bertz CT molecular complexity index is 1340. The average Bonchev–Trinajstić information content (AvgIpc) is 3.19. The number of hydrogen-bond donors (Lipinski definition) is 1. The molecule has 0 aliphatic carbocycles. The lowest BCUT2D eigenvalue weighted by Gasteiger charge is -2.07. The Morgan fingerprint density at radius 3 is 2.52 bits per heavy atom. The smallest absolute Gasteiger partial charge is 0.345 e. The normalized spacial score (nSPS) is 11.4. The molecule has 1 N–H and O–H groups in total. The van der Waals surface area contributed by atoms with Crippen LogP contribution in [0.1, 0.15) is 21.7 Å². The minimum atomic E-state index is -1.20. The topological polar surface area (TPSA) is 78.8 Å². The Morgan fingerprint density at radius 2 is 1.81 bits per heavy atom. The van der Waals surface area contributed by atoms with Gasteiger partial charge in [-0.3, -0.25) is 0 Å². The Labute approximate surface area is 180 Å². The van der Waals surface area contributed by atoms with Gasteiger partial charge in [0.15, 0.2) is 11.6 Å². The number of nitrogens with zero attached hydrogens (tertiary/aromatic N) is 2. The second-order valence-corrected chi connectivity index (χ2v) is 6.88. The maximum atomic E-state index is 13.4. The Kier molecular flexibility index (Phi) is 5.48. The number of imidazole rings is 1. The maximum Gasteiger partial charge on any atom is 0.345 e. The summed E-state index contributed by atoms with van der Waals surface area (Å²) >= 11 is 5.79. The van der Waals surface area contributed by atoms with Gasteiger partial charge in [0.1, 0.15) is 17.6 Å². The summed E-state index contributed by atoms with van der Waals surface area (Å²) in [5, 5.41) is 9.26. The van der Waals surface area contributed by atoms with Crippen LogP contribution in [0.5, 0.6) is 5.75 Å². The van der Waals surface area contributed by atoms with E-state index >= 15 is 0 Å². The molecule has 31 heavy (non-hydrogen) atoms. The van der Waals surface area contributed by atoms with E-state index in [0.717, 1.165) is 11.0 Å². The number of aromatic amines is 1. The number of benzene rings is 3. The summed E-state index contributed by atoms with van der Waals surface area (Å²) in [6.07, 6.45) is 1.63. The van der Waals surface area contributed by atoms with Crippen molar-refractivity contribution in [3.63, 3.8) is 0 Å². The molecule has 8 heteroatoms. The first-order valence-corrected chi connectivity index (χ1v) is 9.36. The summed E-state index contributed by atoms with van der Waals surface area (Å²) in [4.78, 5) is 19.7. The lowest BCUT2D eigenvalue weighted by molar-refractivity contribution is 0.0734. The van der Waals surface area contributed by atoms with Crippen LogP contribution in [0, 0.1) is 23.0 Å². The Balaban J connectivity index is 1.54. The molecule has 4 aromatic rings. The standard InChI is InChI=1S/C23H12ClF2N3O2/c24-17-11-19(26)18(25)10-16(17)23(30)31-15-7-5-13(6-8-15)9-14(12-27)22-28-20-3-1-2-4-21(20)29-22/h1-11H,(H,28,29)/b14-9+. The van der Waals surface area contributed by atoms with E-state index in [0.29, 0.717) is 29.1 Å². The number of rotatable bonds is 4. The quantitative estimate of drug-likeness (QED) is 0.191. The number of nitriles is 1. The Hall–Kier alpha value is -4.02. The van der Waals surface area contributed by atoms with Crippen molar-refractivity contribution in [1.29, 1.82) is 5.26 Å². The molecule has 0 fully saturated rings. The number of nitrogens with one attached hydrogen (secondary N) is 1. The van der Waals surface area contributed by atoms with Crippen LogP contribution >= 0.6 is 11.6 Å². The lowest BCUT2D eigenvalue weighted by Crippen LogP contribution is -2.10. The molecule has 0 spiro atoms. The fourth-order valence-electron chi connectivity index (χ4n) is 2.87. The average molecular weight is 436 g/mol. The molecule has 0 saturated heterocycles. The predicted molar refractivity (Wildman–Crippen MR) is 112 cm³/mol. The molecule has 3 aromatic carbocycles. The van der Waals surface area contributed by atoms with E-state index in [4.69, 9.17) is 16.3 Å². The van der Waals surface area contributed by atoms with Gasteiger partial charge < -0.3 is 9.72 Å². The number of para-hydroxylation sites is 2. The van der Waals surface area contributed by atoms with Crippen LogP contribution < -0.4 is 4.74 Å². The molecule has 1 heterocycles. The third-order valence-electron chi connectivity index (χ3n) is 4.40. The minimum absolute atomic E-state index is 0.171. The van der Waals surface area contributed by atoms with Crippen molar-refractivity contribution >= 4 is 40.3 Å². The fourth-order valence-corrected chi connectivity index (χ4v) is 3.10. The number of fused-ring (bicyclic) bond motifs is 1. The van der Waals surface area contributed by atoms with Crippen molar-refractivity contribution in [2.24, 2.45) is 0 Å². The zero-order valence-electron chi connectivity index (χ0n) is 15.7. The largest absolute Gasteiger partial charge is 0.423 e. The monoisotopic (exact) mass is 435 g/mol. The third-order valence-corrected chi connectivity index (χ3v) is 4.71. The molecule has 152 valence electrons. The molecule has 0 bridgehead atoms. The van der Waals surface area contributed by atoms with Crippen LogP contribution in [0.2, 0.25) is 5.02 Å². The molecular weight excluding hydrogens is 424 g/mol. The number of aromatic nitrogens is 2. The van der Waals surface area contributed by atoms with E-state index < -0.39 is 17.6 Å². The van der Waals surface area contributed by atoms with Crippen LogP contribution in [0.15, 0.2) is 60.7 Å². The van der Waals surface area contributed by atoms with Crippen molar-refractivity contribution in [3.05, 3.63) is 94.3 Å². The highest BCUT2D eigenvalue weighted by Gasteiger charge is 2.17. The van der Waals surface area contributed by atoms with Crippen LogP contribution in [-0.4, -0.2) is 15.9 Å². The van der Waals surface area contributed by atoms with Gasteiger partial charge in [0.2, 0.25) is 0 Å². The molecule has 0 saturated carbocycles. The van der Waals surface area contributed by atoms with Gasteiger partial charge in [-0.2, -0.15) is 5.26 Å². The van der Waals surface area contributed by atoms with Gasteiger partial charge in [-0.05, 0) is 48.0 Å². The van der Waals surface area contributed by atoms with Gasteiger partial charge in [-0.15, -0.1) is 0 Å². The molecule has 0 amide bonds. The number of hydrogen-bond acceptors (Lipinski definition) is 4. The van der Waals surface area contributed by atoms with E-state index in [1.54, 1.807) is 18.2 Å². The van der Waals surface area contributed by atoms with Gasteiger partial charge in [0.05, 0.1) is 27.2 Å². The van der Waals surface area contributed by atoms with Gasteiger partial charge in [-0.1, -0.05) is 35.9 Å². The summed E-state index contributed by atoms with van der Waals surface area (Å²) in [5.41, 5.74) is 2.27. The summed E-state index contributed by atoms with van der Waals surface area (Å²) in [6, 6.07) is 17.2. The molecule has 0 unspecified atom stereocenters. The van der Waals surface area contributed by atoms with Crippen LogP contribution in [0.4, 0.5) is 8.78 Å². The molecule has 0 aliphatic heterocycles. The van der Waals surface area contributed by atoms with E-state index in [2.05, 4.69) is 16.0 Å². The molecular formula is C23H12ClF2N3O2. The van der Waals surface area contributed by atoms with Crippen LogP contribution in [0.25, 0.3) is 22.7 Å². The number of halogens is 3. The first kappa shape index (κ1) is 20.3. The first-order valence-electron chi connectivity index (χ1n) is 8.98. The first-order chi connectivity index (χ1) is 14.9. The van der Waals surface area contributed by atoms with E-state index in [1.807, 2.05) is 24.3 Å². The van der Waals surface area contributed by atoms with E-state index in [1.165, 1.54) is 12.1 Å². The number of carbonyl (C=O) groups is 1. The molecule has 0 aliphatic rings. The summed E-state index contributed by atoms with van der Waals surface area (Å²) in [7, 11) is 0. The highest BCUT2D eigenvalue weighted by atomic mass is 35.5. The second kappa shape index (κ2) is 8.38. The Morgan fingerprint density at radius 1 is 1.10 bits per heavy atom. The number of carbonyl (C=O) groups excluding carboxylic acids is 1. The zero-order chi connectivity index (χ0) is 22.0. The molecule has 1 aromatic heterocycles. The second-order valence-electron chi connectivity index (χ2n) is 6.48. The highest BCUT2D eigenvalue weighted by Crippen LogP contribution is 2.24. The van der Waals surface area contributed by atoms with Gasteiger partial charge in [0.25, 0.3) is 0 Å². The van der Waals surface area contributed by atoms with Crippen molar-refractivity contribution in [1.82, 2.24) is 9.97 Å². The van der Waals surface area contributed by atoms with Gasteiger partial charge in [0, 0.05) is 0 Å². The lowest BCUT2D eigenvalue weighted by atomic mass is 10.1. The number of ether oxygens (including phenoxy) is 1. The summed E-state index contributed by atoms with van der Waals surface area (Å²) in [6.45, 7) is 0. The van der Waals surface area contributed by atoms with Crippen molar-refractivity contribution in [2.45, 2.75) is 0 Å². The van der Waals surface area contributed by atoms with Gasteiger partial charge >= 0.3 is 5.97 Å². The molecule has 0 atom stereocenters. The van der Waals surface area contributed by atoms with E-state index in [-0.39, 0.29) is 16.3 Å². The van der Waals surface area contributed by atoms with Crippen molar-refractivity contribution in [2.75, 3.05) is 0 Å². The molecule has 5 nitrogen and oxygen atoms in total. The molecule has 4 rings (SSSR count). The van der Waals surface area contributed by atoms with Crippen LogP contribution in [-0.2, 0) is 0 Å². The third kappa shape index (κ3) is 4.29. The highest BCUT2D eigenvalue weighted by molar-refractivity contribution is 6.33. The van der Waals surface area contributed by atoms with Crippen molar-refractivity contribution in [3.8, 4) is 11.8 Å². The fraction of sp³-hybridized carbons (Fsp3) is 0. The van der Waals surface area contributed by atoms with Crippen molar-refractivity contribution < 1.29 is 18.3 Å². The van der Waals surface area contributed by atoms with Crippen LogP contribution in [0.3, 0.4) is 0 Å². The zero-order valence-corrected chi connectivity index (χ0v) is 16.5. The van der Waals surface area contributed by atoms with E-state index in [9.17, 15) is 18.8 Å². The summed E-state index contributed by atoms with van der Waals surface area (Å²) < 4.78 is 31.7. The number of allylic oxidation sites excluding steroid dienone is 1. The SMILES string of the molecule is N#C/C(=C\c1ccc(OC(=O)c2cc(F)c(F)cc2Cl)cc1)c1nc2ccccc2[nH]1. The maximum absolute atomic E-state index is 13.4.